The Labute approximate surface area is 81.1 Å². The average Bonchev–Trinajstić information content (AvgIpc) is 2.08. The highest BCUT2D eigenvalue weighted by Gasteiger charge is 2.22. The van der Waals surface area contributed by atoms with Crippen molar-refractivity contribution < 1.29 is 23.1 Å². The smallest absolute Gasteiger partial charge is 0.281 e. The van der Waals surface area contributed by atoms with E-state index in [9.17, 15) is 18.0 Å². The summed E-state index contributed by atoms with van der Waals surface area (Å²) in [5, 5.41) is 7.53. The molecule has 14 heavy (non-hydrogen) atoms. The maximum absolute atomic E-state index is 12.5. The first kappa shape index (κ1) is 10.8. The Balaban J connectivity index is 3.39. The molecule has 0 bridgehead atoms. The van der Waals surface area contributed by atoms with Gasteiger partial charge >= 0.3 is 0 Å². The lowest BCUT2D eigenvalue weighted by Crippen LogP contribution is -2.03. The van der Waals surface area contributed by atoms with Crippen LogP contribution in [-0.2, 0) is 0 Å². The Hall–Kier alpha value is -1.30. The minimum Gasteiger partial charge on any atom is -0.504 e. The van der Waals surface area contributed by atoms with Gasteiger partial charge in [-0.05, 0) is 17.7 Å². The third-order valence-electron chi connectivity index (χ3n) is 1.41. The fraction of sp³-hybridized carbons (Fsp3) is 0.143. The van der Waals surface area contributed by atoms with Gasteiger partial charge in [-0.25, -0.2) is 13.8 Å². The lowest BCUT2D eigenvalue weighted by Gasteiger charge is -2.04. The highest BCUT2D eigenvalue weighted by molar-refractivity contribution is 6.67. The molecule has 1 rings (SSSR count). The Morgan fingerprint density at radius 3 is 2.57 bits per heavy atom. The van der Waals surface area contributed by atoms with Crippen molar-refractivity contribution >= 4 is 16.8 Å². The van der Waals surface area contributed by atoms with Crippen LogP contribution in [0, 0.1) is 5.95 Å². The molecule has 0 atom stereocenters. The molecule has 0 radical (unpaired) electrons. The Bertz CT molecular complexity index is 383. The summed E-state index contributed by atoms with van der Waals surface area (Å²) in [6, 6.07) is 0.513. The first-order valence-electron chi connectivity index (χ1n) is 3.31. The Kier molecular flexibility index (Phi) is 2.95. The lowest BCUT2D eigenvalue weighted by molar-refractivity contribution is 0.106. The summed E-state index contributed by atoms with van der Waals surface area (Å²) >= 11 is 4.93. The molecular formula is C7H3ClF3NO2. The van der Waals surface area contributed by atoms with Gasteiger partial charge in [0.25, 0.3) is 17.6 Å². The van der Waals surface area contributed by atoms with E-state index in [0.29, 0.717) is 6.07 Å². The molecule has 0 aliphatic carbocycles. The molecule has 1 aromatic heterocycles. The van der Waals surface area contributed by atoms with Crippen LogP contribution in [0.2, 0.25) is 0 Å². The Morgan fingerprint density at radius 2 is 2.14 bits per heavy atom. The van der Waals surface area contributed by atoms with E-state index in [-0.39, 0.29) is 0 Å². The number of nitrogens with zero attached hydrogens (tertiary/aromatic N) is 1. The van der Waals surface area contributed by atoms with E-state index >= 15 is 0 Å². The fourth-order valence-corrected chi connectivity index (χ4v) is 0.969. The van der Waals surface area contributed by atoms with Gasteiger partial charge in [0.15, 0.2) is 5.75 Å². The second kappa shape index (κ2) is 3.83. The standard InChI is InChI=1S/C7H3ClF3NO2/c8-5(14)2-1-3(13)7(11)12-4(2)6(9)10/h1,6,13H. The highest BCUT2D eigenvalue weighted by atomic mass is 35.5. The van der Waals surface area contributed by atoms with Crippen molar-refractivity contribution in [2.45, 2.75) is 6.43 Å². The van der Waals surface area contributed by atoms with Gasteiger partial charge in [-0.15, -0.1) is 0 Å². The molecule has 76 valence electrons. The number of hydrogen-bond donors (Lipinski definition) is 1. The fourth-order valence-electron chi connectivity index (χ4n) is 0.817. The first-order chi connectivity index (χ1) is 6.43. The molecule has 0 spiro atoms. The maximum atomic E-state index is 12.5. The number of pyridine rings is 1. The topological polar surface area (TPSA) is 50.2 Å². The molecule has 0 aliphatic rings. The SMILES string of the molecule is O=C(Cl)c1cc(O)c(F)nc1C(F)F. The molecule has 3 nitrogen and oxygen atoms in total. The molecule has 1 heterocycles. The Morgan fingerprint density at radius 1 is 1.57 bits per heavy atom. The molecule has 0 aromatic carbocycles. The van der Waals surface area contributed by atoms with Gasteiger partial charge in [0.05, 0.1) is 5.56 Å². The van der Waals surface area contributed by atoms with E-state index in [1.807, 2.05) is 0 Å². The van der Waals surface area contributed by atoms with Gasteiger partial charge in [0.1, 0.15) is 5.69 Å². The molecule has 7 heteroatoms. The van der Waals surface area contributed by atoms with Gasteiger partial charge in [-0.2, -0.15) is 4.39 Å². The van der Waals surface area contributed by atoms with Crippen LogP contribution in [0.15, 0.2) is 6.07 Å². The largest absolute Gasteiger partial charge is 0.504 e. The zero-order chi connectivity index (χ0) is 10.9. The third kappa shape index (κ3) is 1.95. The second-order valence-corrected chi connectivity index (χ2v) is 2.65. The monoisotopic (exact) mass is 225 g/mol. The van der Waals surface area contributed by atoms with Gasteiger partial charge in [-0.1, -0.05) is 0 Å². The van der Waals surface area contributed by atoms with Crippen molar-refractivity contribution in [2.75, 3.05) is 0 Å². The molecule has 0 saturated heterocycles. The number of rotatable bonds is 2. The lowest BCUT2D eigenvalue weighted by atomic mass is 10.2. The van der Waals surface area contributed by atoms with E-state index < -0.39 is 34.6 Å². The van der Waals surface area contributed by atoms with Crippen molar-refractivity contribution in [3.05, 3.63) is 23.3 Å². The van der Waals surface area contributed by atoms with Gasteiger partial charge in [0, 0.05) is 0 Å². The van der Waals surface area contributed by atoms with Crippen molar-refractivity contribution in [1.82, 2.24) is 4.98 Å². The van der Waals surface area contributed by atoms with Crippen LogP contribution in [0.1, 0.15) is 22.5 Å². The number of hydrogen-bond acceptors (Lipinski definition) is 3. The van der Waals surface area contributed by atoms with Crippen LogP contribution in [0.5, 0.6) is 5.75 Å². The van der Waals surface area contributed by atoms with E-state index in [2.05, 4.69) is 4.98 Å². The summed E-state index contributed by atoms with van der Waals surface area (Å²) in [6.45, 7) is 0. The van der Waals surface area contributed by atoms with Crippen LogP contribution >= 0.6 is 11.6 Å². The summed E-state index contributed by atoms with van der Waals surface area (Å²) in [4.78, 5) is 13.3. The molecular weight excluding hydrogens is 223 g/mol. The summed E-state index contributed by atoms with van der Waals surface area (Å²) in [5.41, 5.74) is -1.79. The van der Waals surface area contributed by atoms with Crippen LogP contribution in [0.4, 0.5) is 13.2 Å². The van der Waals surface area contributed by atoms with Crippen LogP contribution in [0.3, 0.4) is 0 Å². The number of carbonyl (C=O) groups excluding carboxylic acids is 1. The molecule has 0 amide bonds. The quantitative estimate of drug-likeness (QED) is 0.620. The summed E-state index contributed by atoms with van der Waals surface area (Å²) in [7, 11) is 0. The number of carbonyl (C=O) groups is 1. The van der Waals surface area contributed by atoms with Crippen LogP contribution in [0.25, 0.3) is 0 Å². The molecule has 1 aromatic rings. The number of aromatic nitrogens is 1. The molecule has 0 unspecified atom stereocenters. The van der Waals surface area contributed by atoms with Gasteiger partial charge in [0.2, 0.25) is 0 Å². The second-order valence-electron chi connectivity index (χ2n) is 2.31. The van der Waals surface area contributed by atoms with E-state index in [0.717, 1.165) is 0 Å². The van der Waals surface area contributed by atoms with E-state index in [1.54, 1.807) is 0 Å². The highest BCUT2D eigenvalue weighted by Crippen LogP contribution is 2.26. The number of halogens is 4. The maximum Gasteiger partial charge on any atom is 0.281 e. The minimum atomic E-state index is -3.14. The number of aromatic hydroxyl groups is 1. The first-order valence-corrected chi connectivity index (χ1v) is 3.68. The van der Waals surface area contributed by atoms with E-state index in [4.69, 9.17) is 16.7 Å². The number of alkyl halides is 2. The third-order valence-corrected chi connectivity index (χ3v) is 1.61. The van der Waals surface area contributed by atoms with Crippen molar-refractivity contribution in [3.63, 3.8) is 0 Å². The van der Waals surface area contributed by atoms with Crippen molar-refractivity contribution in [3.8, 4) is 5.75 Å². The molecule has 1 N–H and O–H groups in total. The zero-order valence-corrected chi connectivity index (χ0v) is 7.23. The summed E-state index contributed by atoms with van der Waals surface area (Å²) in [6.07, 6.45) is -3.14. The summed E-state index contributed by atoms with van der Waals surface area (Å²) in [5.74, 6) is -2.47. The molecule has 0 saturated carbocycles. The minimum absolute atomic E-state index is 0.513. The van der Waals surface area contributed by atoms with Gasteiger partial charge in [-0.3, -0.25) is 4.79 Å². The van der Waals surface area contributed by atoms with Crippen molar-refractivity contribution in [1.29, 1.82) is 0 Å². The average molecular weight is 226 g/mol. The normalized spacial score (nSPS) is 10.6. The predicted octanol–water partition coefficient (Wildman–Crippen LogP) is 2.24. The molecule has 0 aliphatic heterocycles. The van der Waals surface area contributed by atoms with Gasteiger partial charge < -0.3 is 5.11 Å². The van der Waals surface area contributed by atoms with Crippen molar-refractivity contribution in [2.24, 2.45) is 0 Å². The predicted molar refractivity (Wildman–Crippen MR) is 41.0 cm³/mol. The van der Waals surface area contributed by atoms with Crippen LogP contribution < -0.4 is 0 Å². The van der Waals surface area contributed by atoms with Crippen LogP contribution in [-0.4, -0.2) is 15.3 Å². The van der Waals surface area contributed by atoms with E-state index in [1.165, 1.54) is 0 Å². The molecule has 0 fully saturated rings. The summed E-state index contributed by atoms with van der Waals surface area (Å²) < 4.78 is 36.9. The zero-order valence-electron chi connectivity index (χ0n) is 6.47.